The zero-order chi connectivity index (χ0) is 17.6. The maximum atomic E-state index is 6.06. The van der Waals surface area contributed by atoms with Gasteiger partial charge in [-0.05, 0) is 64.4 Å². The third kappa shape index (κ3) is 7.40. The van der Waals surface area contributed by atoms with Crippen molar-refractivity contribution in [2.75, 3.05) is 26.7 Å². The van der Waals surface area contributed by atoms with Crippen molar-refractivity contribution < 1.29 is 4.74 Å². The predicted octanol–water partition coefficient (Wildman–Crippen LogP) is 3.54. The number of nitrogens with two attached hydrogens (primary N) is 1. The number of aliphatic imine (C=N–C) groups is 1. The van der Waals surface area contributed by atoms with Crippen molar-refractivity contribution in [2.45, 2.75) is 51.6 Å². The van der Waals surface area contributed by atoms with Crippen LogP contribution in [0.4, 0.5) is 0 Å². The van der Waals surface area contributed by atoms with Crippen LogP contribution in [0.5, 0.6) is 5.75 Å². The molecule has 25 heavy (non-hydrogen) atoms. The van der Waals surface area contributed by atoms with Crippen LogP contribution in [0.1, 0.15) is 51.6 Å². The van der Waals surface area contributed by atoms with Crippen molar-refractivity contribution in [2.24, 2.45) is 10.7 Å². The first-order valence-corrected chi connectivity index (χ1v) is 8.85. The Morgan fingerprint density at radius 2 is 1.80 bits per heavy atom. The standard InChI is InChI=1S/C19H32N4O.HI/c1-19(2,3)22-18(20)21-14-17(23-12-6-5-7-13-23)15-8-10-16(24-4)11-9-15;/h8-11,17H,5-7,12-14H2,1-4H3,(H3,20,21,22);1H. The molecule has 0 aliphatic carbocycles. The molecule has 0 amide bonds. The molecule has 1 aromatic carbocycles. The number of nitrogens with one attached hydrogen (secondary N) is 1. The average molecular weight is 460 g/mol. The van der Waals surface area contributed by atoms with Crippen LogP contribution in [0.25, 0.3) is 0 Å². The fourth-order valence-corrected chi connectivity index (χ4v) is 3.10. The van der Waals surface area contributed by atoms with Gasteiger partial charge in [-0.25, -0.2) is 0 Å². The van der Waals surface area contributed by atoms with Gasteiger partial charge in [-0.3, -0.25) is 9.89 Å². The van der Waals surface area contributed by atoms with Gasteiger partial charge in [-0.2, -0.15) is 0 Å². The lowest BCUT2D eigenvalue weighted by Crippen LogP contribution is -2.45. The molecule has 0 saturated carbocycles. The molecule has 1 heterocycles. The molecular weight excluding hydrogens is 427 g/mol. The molecule has 1 aromatic rings. The summed E-state index contributed by atoms with van der Waals surface area (Å²) in [4.78, 5) is 7.14. The van der Waals surface area contributed by atoms with Crippen LogP contribution in [0.2, 0.25) is 0 Å². The zero-order valence-electron chi connectivity index (χ0n) is 15.9. The number of nitrogens with zero attached hydrogens (tertiary/aromatic N) is 2. The maximum absolute atomic E-state index is 6.06. The third-order valence-corrected chi connectivity index (χ3v) is 4.27. The normalized spacial score (nSPS) is 17.5. The monoisotopic (exact) mass is 460 g/mol. The van der Waals surface area contributed by atoms with E-state index in [0.29, 0.717) is 12.5 Å². The molecular formula is C19H33IN4O. The van der Waals surface area contributed by atoms with E-state index in [0.717, 1.165) is 18.8 Å². The van der Waals surface area contributed by atoms with Crippen molar-refractivity contribution in [3.8, 4) is 5.75 Å². The lowest BCUT2D eigenvalue weighted by Gasteiger charge is -2.34. The summed E-state index contributed by atoms with van der Waals surface area (Å²) >= 11 is 0. The molecule has 3 N–H and O–H groups in total. The quantitative estimate of drug-likeness (QED) is 0.401. The summed E-state index contributed by atoms with van der Waals surface area (Å²) in [6.07, 6.45) is 3.83. The van der Waals surface area contributed by atoms with E-state index in [-0.39, 0.29) is 35.6 Å². The maximum Gasteiger partial charge on any atom is 0.189 e. The number of halogens is 1. The second-order valence-electron chi connectivity index (χ2n) is 7.49. The molecule has 142 valence electrons. The molecule has 1 aliphatic rings. The molecule has 1 fully saturated rings. The van der Waals surface area contributed by atoms with Crippen LogP contribution in [-0.4, -0.2) is 43.1 Å². The largest absolute Gasteiger partial charge is 0.497 e. The molecule has 2 rings (SSSR count). The Bertz CT molecular complexity index is 533. The number of benzene rings is 1. The second kappa shape index (κ2) is 10.2. The van der Waals surface area contributed by atoms with E-state index >= 15 is 0 Å². The average Bonchev–Trinajstić information content (AvgIpc) is 2.55. The van der Waals surface area contributed by atoms with E-state index < -0.39 is 0 Å². The van der Waals surface area contributed by atoms with Crippen molar-refractivity contribution >= 4 is 29.9 Å². The van der Waals surface area contributed by atoms with Gasteiger partial charge in [-0.15, -0.1) is 24.0 Å². The van der Waals surface area contributed by atoms with Crippen molar-refractivity contribution in [3.05, 3.63) is 29.8 Å². The van der Waals surface area contributed by atoms with Gasteiger partial charge in [-0.1, -0.05) is 18.6 Å². The summed E-state index contributed by atoms with van der Waals surface area (Å²) in [5.74, 6) is 1.39. The smallest absolute Gasteiger partial charge is 0.189 e. The molecule has 1 aliphatic heterocycles. The van der Waals surface area contributed by atoms with Gasteiger partial charge in [0.1, 0.15) is 5.75 Å². The van der Waals surface area contributed by atoms with Crippen molar-refractivity contribution in [1.29, 1.82) is 0 Å². The highest BCUT2D eigenvalue weighted by Crippen LogP contribution is 2.26. The minimum atomic E-state index is -0.0751. The minimum Gasteiger partial charge on any atom is -0.497 e. The summed E-state index contributed by atoms with van der Waals surface area (Å²) < 4.78 is 5.28. The Balaban J connectivity index is 0.00000312. The van der Waals surface area contributed by atoms with E-state index in [1.165, 1.54) is 24.8 Å². The van der Waals surface area contributed by atoms with Crippen LogP contribution in [0.3, 0.4) is 0 Å². The molecule has 1 saturated heterocycles. The first-order valence-electron chi connectivity index (χ1n) is 8.85. The molecule has 6 heteroatoms. The summed E-state index contributed by atoms with van der Waals surface area (Å²) in [6.45, 7) is 9.17. The highest BCUT2D eigenvalue weighted by Gasteiger charge is 2.22. The first kappa shape index (κ1) is 22.0. The number of guanidine groups is 1. The Kier molecular flexibility index (Phi) is 8.99. The zero-order valence-corrected chi connectivity index (χ0v) is 18.2. The number of ether oxygens (including phenoxy) is 1. The number of piperidine rings is 1. The van der Waals surface area contributed by atoms with Gasteiger partial charge in [0.25, 0.3) is 0 Å². The summed E-state index contributed by atoms with van der Waals surface area (Å²) in [7, 11) is 1.69. The van der Waals surface area contributed by atoms with Crippen LogP contribution >= 0.6 is 24.0 Å². The van der Waals surface area contributed by atoms with Crippen LogP contribution in [0, 0.1) is 0 Å². The molecule has 0 bridgehead atoms. The summed E-state index contributed by atoms with van der Waals surface area (Å²) in [5.41, 5.74) is 7.26. The highest BCUT2D eigenvalue weighted by atomic mass is 127. The van der Waals surface area contributed by atoms with Gasteiger partial charge in [0, 0.05) is 5.54 Å². The van der Waals surface area contributed by atoms with Gasteiger partial charge in [0.15, 0.2) is 5.96 Å². The van der Waals surface area contributed by atoms with Crippen LogP contribution in [-0.2, 0) is 0 Å². The molecule has 5 nitrogen and oxygen atoms in total. The second-order valence-corrected chi connectivity index (χ2v) is 7.49. The van der Waals surface area contributed by atoms with Crippen LogP contribution < -0.4 is 15.8 Å². The molecule has 0 aromatic heterocycles. The van der Waals surface area contributed by atoms with Gasteiger partial charge < -0.3 is 15.8 Å². The topological polar surface area (TPSA) is 62.9 Å². The Labute approximate surface area is 169 Å². The lowest BCUT2D eigenvalue weighted by atomic mass is 10.0. The summed E-state index contributed by atoms with van der Waals surface area (Å²) in [5, 5.41) is 3.24. The Morgan fingerprint density at radius 3 is 2.32 bits per heavy atom. The van der Waals surface area contributed by atoms with Crippen molar-refractivity contribution in [1.82, 2.24) is 10.2 Å². The SMILES string of the molecule is COc1ccc(C(CN=C(N)NC(C)(C)C)N2CCCCC2)cc1.I. The minimum absolute atomic E-state index is 0. The predicted molar refractivity (Wildman–Crippen MR) is 116 cm³/mol. The van der Waals surface area contributed by atoms with E-state index in [1.807, 2.05) is 12.1 Å². The van der Waals surface area contributed by atoms with Gasteiger partial charge in [0.05, 0.1) is 19.7 Å². The fourth-order valence-electron chi connectivity index (χ4n) is 3.10. The molecule has 0 radical (unpaired) electrons. The Hall–Kier alpha value is -1.02. The first-order chi connectivity index (χ1) is 11.4. The number of rotatable bonds is 5. The van der Waals surface area contributed by atoms with E-state index in [1.54, 1.807) is 7.11 Å². The lowest BCUT2D eigenvalue weighted by molar-refractivity contribution is 0.167. The van der Waals surface area contributed by atoms with Crippen molar-refractivity contribution in [3.63, 3.8) is 0 Å². The summed E-state index contributed by atoms with van der Waals surface area (Å²) in [6, 6.07) is 8.58. The third-order valence-electron chi connectivity index (χ3n) is 4.27. The van der Waals surface area contributed by atoms with Gasteiger partial charge in [0.2, 0.25) is 0 Å². The molecule has 0 spiro atoms. The van der Waals surface area contributed by atoms with Crippen LogP contribution in [0.15, 0.2) is 29.3 Å². The highest BCUT2D eigenvalue weighted by molar-refractivity contribution is 14.0. The molecule has 1 unspecified atom stereocenters. The number of hydrogen-bond acceptors (Lipinski definition) is 3. The van der Waals surface area contributed by atoms with E-state index in [2.05, 4.69) is 48.1 Å². The number of methoxy groups -OCH3 is 1. The molecule has 1 atom stereocenters. The van der Waals surface area contributed by atoms with Gasteiger partial charge >= 0.3 is 0 Å². The Morgan fingerprint density at radius 1 is 1.20 bits per heavy atom. The number of likely N-dealkylation sites (tertiary alicyclic amines) is 1. The number of hydrogen-bond donors (Lipinski definition) is 2. The van der Waals surface area contributed by atoms with E-state index in [9.17, 15) is 0 Å². The van der Waals surface area contributed by atoms with E-state index in [4.69, 9.17) is 10.5 Å². The fraction of sp³-hybridized carbons (Fsp3) is 0.632.